The molecule has 1 atom stereocenters. The fourth-order valence-corrected chi connectivity index (χ4v) is 2.43. The number of aromatic nitrogens is 2. The molecule has 4 nitrogen and oxygen atoms in total. The summed E-state index contributed by atoms with van der Waals surface area (Å²) in [5, 5.41) is 17.1. The first-order chi connectivity index (χ1) is 8.35. The Labute approximate surface area is 102 Å². The highest BCUT2D eigenvalue weighted by atomic mass is 15.3. The molecule has 0 bridgehead atoms. The standard InChI is InChI=1S/C13H18N4/c1-2-11-4-3-8-17(9-6-11)13-12(10-14)5-7-15-16-13/h5,7,11H,2-4,6,8-9H2,1H3. The van der Waals surface area contributed by atoms with E-state index >= 15 is 0 Å². The molecule has 1 fully saturated rings. The van der Waals surface area contributed by atoms with Crippen molar-refractivity contribution < 1.29 is 0 Å². The van der Waals surface area contributed by atoms with Crippen LogP contribution in [0.4, 0.5) is 5.82 Å². The van der Waals surface area contributed by atoms with Crippen LogP contribution < -0.4 is 4.90 Å². The normalized spacial score (nSPS) is 20.7. The van der Waals surface area contributed by atoms with Crippen LogP contribution in [0.1, 0.15) is 38.2 Å². The molecule has 0 aliphatic carbocycles. The van der Waals surface area contributed by atoms with E-state index in [1.54, 1.807) is 12.3 Å². The van der Waals surface area contributed by atoms with Gasteiger partial charge in [-0.25, -0.2) is 0 Å². The van der Waals surface area contributed by atoms with Gasteiger partial charge in [0.05, 0.1) is 11.8 Å². The molecule has 4 heteroatoms. The number of nitrogens with zero attached hydrogens (tertiary/aromatic N) is 4. The molecule has 0 spiro atoms. The third kappa shape index (κ3) is 2.73. The summed E-state index contributed by atoms with van der Waals surface area (Å²) < 4.78 is 0. The Morgan fingerprint density at radius 3 is 3.12 bits per heavy atom. The van der Waals surface area contributed by atoms with E-state index in [2.05, 4.69) is 28.1 Å². The number of anilines is 1. The van der Waals surface area contributed by atoms with Crippen molar-refractivity contribution in [1.82, 2.24) is 10.2 Å². The van der Waals surface area contributed by atoms with Crippen molar-refractivity contribution in [2.24, 2.45) is 5.92 Å². The molecule has 0 saturated carbocycles. The van der Waals surface area contributed by atoms with Gasteiger partial charge in [0, 0.05) is 13.1 Å². The van der Waals surface area contributed by atoms with Crippen molar-refractivity contribution in [2.75, 3.05) is 18.0 Å². The van der Waals surface area contributed by atoms with Crippen LogP contribution in [0.5, 0.6) is 0 Å². The van der Waals surface area contributed by atoms with Gasteiger partial charge in [-0.3, -0.25) is 0 Å². The number of nitriles is 1. The average molecular weight is 230 g/mol. The highest BCUT2D eigenvalue weighted by Gasteiger charge is 2.19. The summed E-state index contributed by atoms with van der Waals surface area (Å²) in [5.41, 5.74) is 0.634. The lowest BCUT2D eigenvalue weighted by Gasteiger charge is -2.21. The zero-order valence-corrected chi connectivity index (χ0v) is 10.3. The third-order valence-electron chi connectivity index (χ3n) is 3.55. The molecule has 1 aliphatic rings. The SMILES string of the molecule is CCC1CCCN(c2nnccc2C#N)CC1. The topological polar surface area (TPSA) is 52.8 Å². The van der Waals surface area contributed by atoms with E-state index in [1.807, 2.05) is 0 Å². The van der Waals surface area contributed by atoms with Crippen LogP contribution in [-0.4, -0.2) is 23.3 Å². The van der Waals surface area contributed by atoms with Gasteiger partial charge >= 0.3 is 0 Å². The van der Waals surface area contributed by atoms with E-state index in [0.29, 0.717) is 5.56 Å². The minimum absolute atomic E-state index is 0.634. The molecule has 0 aromatic carbocycles. The highest BCUT2D eigenvalue weighted by Crippen LogP contribution is 2.24. The molecule has 17 heavy (non-hydrogen) atoms. The molecule has 2 heterocycles. The van der Waals surface area contributed by atoms with Crippen molar-refractivity contribution in [3.8, 4) is 6.07 Å². The van der Waals surface area contributed by atoms with Crippen LogP contribution >= 0.6 is 0 Å². The van der Waals surface area contributed by atoms with Gasteiger partial charge in [0.1, 0.15) is 6.07 Å². The zero-order chi connectivity index (χ0) is 12.1. The van der Waals surface area contributed by atoms with Gasteiger partial charge in [0.15, 0.2) is 5.82 Å². The van der Waals surface area contributed by atoms with E-state index in [4.69, 9.17) is 5.26 Å². The zero-order valence-electron chi connectivity index (χ0n) is 10.3. The molecular formula is C13H18N4. The Bertz CT molecular complexity index is 410. The molecule has 90 valence electrons. The lowest BCUT2D eigenvalue weighted by molar-refractivity contribution is 0.459. The molecule has 1 aromatic rings. The molecule has 1 unspecified atom stereocenters. The average Bonchev–Trinajstić information content (AvgIpc) is 2.63. The lowest BCUT2D eigenvalue weighted by atomic mass is 9.98. The minimum Gasteiger partial charge on any atom is -0.354 e. The Balaban J connectivity index is 2.14. The van der Waals surface area contributed by atoms with Crippen molar-refractivity contribution in [3.05, 3.63) is 17.8 Å². The quantitative estimate of drug-likeness (QED) is 0.782. The lowest BCUT2D eigenvalue weighted by Crippen LogP contribution is -2.26. The second kappa shape index (κ2) is 5.62. The van der Waals surface area contributed by atoms with Gasteiger partial charge in [0.25, 0.3) is 0 Å². The van der Waals surface area contributed by atoms with Crippen molar-refractivity contribution in [1.29, 1.82) is 5.26 Å². The van der Waals surface area contributed by atoms with Gasteiger partial charge in [-0.1, -0.05) is 13.3 Å². The van der Waals surface area contributed by atoms with Gasteiger partial charge in [0.2, 0.25) is 0 Å². The Morgan fingerprint density at radius 2 is 2.35 bits per heavy atom. The minimum atomic E-state index is 0.634. The number of hydrogen-bond donors (Lipinski definition) is 0. The number of rotatable bonds is 2. The second-order valence-electron chi connectivity index (χ2n) is 4.57. The molecule has 0 radical (unpaired) electrons. The molecule has 1 aliphatic heterocycles. The molecule has 2 rings (SSSR count). The first-order valence-corrected chi connectivity index (χ1v) is 6.32. The molecule has 1 saturated heterocycles. The summed E-state index contributed by atoms with van der Waals surface area (Å²) in [7, 11) is 0. The Kier molecular flexibility index (Phi) is 3.92. The van der Waals surface area contributed by atoms with Crippen molar-refractivity contribution in [2.45, 2.75) is 32.6 Å². The van der Waals surface area contributed by atoms with E-state index in [9.17, 15) is 0 Å². The molecule has 1 aromatic heterocycles. The van der Waals surface area contributed by atoms with Crippen molar-refractivity contribution >= 4 is 5.82 Å². The van der Waals surface area contributed by atoms with Crippen LogP contribution in [0.2, 0.25) is 0 Å². The summed E-state index contributed by atoms with van der Waals surface area (Å²) in [6, 6.07) is 3.93. The molecule has 0 N–H and O–H groups in total. The van der Waals surface area contributed by atoms with Crippen LogP contribution in [0.25, 0.3) is 0 Å². The van der Waals surface area contributed by atoms with E-state index < -0.39 is 0 Å². The first-order valence-electron chi connectivity index (χ1n) is 6.32. The highest BCUT2D eigenvalue weighted by molar-refractivity contribution is 5.52. The molecule has 0 amide bonds. The molecular weight excluding hydrogens is 212 g/mol. The van der Waals surface area contributed by atoms with Crippen LogP contribution in [0.3, 0.4) is 0 Å². The summed E-state index contributed by atoms with van der Waals surface area (Å²) in [6.45, 7) is 4.24. The predicted molar refractivity (Wildman–Crippen MR) is 66.6 cm³/mol. The van der Waals surface area contributed by atoms with Crippen LogP contribution in [0.15, 0.2) is 12.3 Å². The Hall–Kier alpha value is -1.63. The maximum absolute atomic E-state index is 9.07. The van der Waals surface area contributed by atoms with Gasteiger partial charge in [-0.05, 0) is 31.2 Å². The van der Waals surface area contributed by atoms with Crippen LogP contribution in [0, 0.1) is 17.2 Å². The van der Waals surface area contributed by atoms with Gasteiger partial charge in [-0.15, -0.1) is 5.10 Å². The van der Waals surface area contributed by atoms with E-state index in [1.165, 1.54) is 25.7 Å². The van der Waals surface area contributed by atoms with E-state index in [0.717, 1.165) is 24.8 Å². The first kappa shape index (κ1) is 11.8. The third-order valence-corrected chi connectivity index (χ3v) is 3.55. The summed E-state index contributed by atoms with van der Waals surface area (Å²) in [6.07, 6.45) is 6.49. The maximum atomic E-state index is 9.07. The fraction of sp³-hybridized carbons (Fsp3) is 0.615. The Morgan fingerprint density at radius 1 is 1.47 bits per heavy atom. The van der Waals surface area contributed by atoms with Gasteiger partial charge in [-0.2, -0.15) is 10.4 Å². The maximum Gasteiger partial charge on any atom is 0.169 e. The summed E-state index contributed by atoms with van der Waals surface area (Å²) in [4.78, 5) is 2.21. The fourth-order valence-electron chi connectivity index (χ4n) is 2.43. The van der Waals surface area contributed by atoms with Crippen LogP contribution in [-0.2, 0) is 0 Å². The summed E-state index contributed by atoms with van der Waals surface area (Å²) >= 11 is 0. The number of hydrogen-bond acceptors (Lipinski definition) is 4. The largest absolute Gasteiger partial charge is 0.354 e. The second-order valence-corrected chi connectivity index (χ2v) is 4.57. The summed E-state index contributed by atoms with van der Waals surface area (Å²) in [5.74, 6) is 1.58. The monoisotopic (exact) mass is 230 g/mol. The van der Waals surface area contributed by atoms with E-state index in [-0.39, 0.29) is 0 Å². The van der Waals surface area contributed by atoms with Gasteiger partial charge < -0.3 is 4.90 Å². The van der Waals surface area contributed by atoms with Crippen molar-refractivity contribution in [3.63, 3.8) is 0 Å². The smallest absolute Gasteiger partial charge is 0.169 e. The predicted octanol–water partition coefficient (Wildman–Crippen LogP) is 2.36.